The molecule has 30 heavy (non-hydrogen) atoms. The Morgan fingerprint density at radius 1 is 1.27 bits per heavy atom. The van der Waals surface area contributed by atoms with Crippen LogP contribution in [-0.4, -0.2) is 39.8 Å². The Balaban J connectivity index is 1.84. The van der Waals surface area contributed by atoms with Crippen molar-refractivity contribution >= 4 is 32.2 Å². The molecule has 0 spiro atoms. The number of sulfonamides is 1. The Morgan fingerprint density at radius 3 is 2.60 bits per heavy atom. The van der Waals surface area contributed by atoms with E-state index in [2.05, 4.69) is 14.7 Å². The van der Waals surface area contributed by atoms with Gasteiger partial charge in [-0.1, -0.05) is 6.07 Å². The van der Waals surface area contributed by atoms with Crippen LogP contribution in [0.2, 0.25) is 0 Å². The molecule has 2 aromatic heterocycles. The molecule has 1 aromatic carbocycles. The summed E-state index contributed by atoms with van der Waals surface area (Å²) in [5.41, 5.74) is 1.95. The number of benzene rings is 1. The van der Waals surface area contributed by atoms with E-state index in [1.807, 2.05) is 6.92 Å². The largest absolute Gasteiger partial charge is 0.609 e. The number of aryl methyl sites for hydroxylation is 2. The van der Waals surface area contributed by atoms with Gasteiger partial charge in [-0.15, -0.1) is 0 Å². The lowest BCUT2D eigenvalue weighted by molar-refractivity contribution is 0.581. The zero-order chi connectivity index (χ0) is 21.6. The summed E-state index contributed by atoms with van der Waals surface area (Å²) in [6.07, 6.45) is 4.77. The maximum absolute atomic E-state index is 13.2. The molecule has 4 rings (SSSR count). The number of rotatable bonds is 6. The van der Waals surface area contributed by atoms with E-state index in [0.717, 1.165) is 12.8 Å². The fraction of sp³-hybridized carbons (Fsp3) is 0.350. The van der Waals surface area contributed by atoms with Gasteiger partial charge in [-0.05, 0) is 56.0 Å². The maximum atomic E-state index is 13.2. The second-order valence-electron chi connectivity index (χ2n) is 7.37. The molecule has 0 aliphatic heterocycles. The van der Waals surface area contributed by atoms with Crippen molar-refractivity contribution < 1.29 is 13.0 Å². The molecule has 1 aliphatic rings. The smallest absolute Gasteiger partial charge is 0.344 e. The van der Waals surface area contributed by atoms with Gasteiger partial charge in [-0.3, -0.25) is 9.36 Å². The van der Waals surface area contributed by atoms with E-state index in [1.165, 1.54) is 16.9 Å². The Labute approximate surface area is 177 Å². The fourth-order valence-corrected chi connectivity index (χ4v) is 5.17. The van der Waals surface area contributed by atoms with E-state index in [4.69, 9.17) is 0 Å². The van der Waals surface area contributed by atoms with E-state index in [0.29, 0.717) is 34.3 Å². The second-order valence-corrected chi connectivity index (χ2v) is 10.4. The van der Waals surface area contributed by atoms with E-state index in [-0.39, 0.29) is 21.7 Å². The third-order valence-electron chi connectivity index (χ3n) is 5.08. The van der Waals surface area contributed by atoms with E-state index in [1.54, 1.807) is 31.3 Å². The molecule has 0 bridgehead atoms. The number of fused-ring (bicyclic) bond motifs is 1. The molecule has 1 unspecified atom stereocenters. The quantitative estimate of drug-likeness (QED) is 0.457. The molecular formula is C20H22N4O4S2. The van der Waals surface area contributed by atoms with Crippen molar-refractivity contribution in [3.8, 4) is 11.1 Å². The average molecular weight is 447 g/mol. The first-order chi connectivity index (χ1) is 14.2. The number of aromatic nitrogens is 3. The SMILES string of the molecule is CCn1c(=O)c(-c2ccc(S(=O)(=O)NC3CC3)cc2C)cc2cnc([S+](C)[O-])nc21. The Bertz CT molecular complexity index is 1300. The molecule has 0 saturated heterocycles. The molecule has 2 heterocycles. The summed E-state index contributed by atoms with van der Waals surface area (Å²) >= 11 is -1.36. The van der Waals surface area contributed by atoms with Gasteiger partial charge in [0.1, 0.15) is 6.26 Å². The Kier molecular flexibility index (Phi) is 5.43. The van der Waals surface area contributed by atoms with Crippen molar-refractivity contribution in [1.82, 2.24) is 19.3 Å². The molecule has 10 heteroatoms. The van der Waals surface area contributed by atoms with Gasteiger partial charge < -0.3 is 4.55 Å². The molecule has 158 valence electrons. The van der Waals surface area contributed by atoms with Crippen LogP contribution in [0.25, 0.3) is 22.2 Å². The van der Waals surface area contributed by atoms with Gasteiger partial charge in [0.2, 0.25) is 10.0 Å². The normalized spacial score (nSPS) is 15.5. The zero-order valence-electron chi connectivity index (χ0n) is 16.9. The molecule has 0 radical (unpaired) electrons. The van der Waals surface area contributed by atoms with E-state index in [9.17, 15) is 17.8 Å². The van der Waals surface area contributed by atoms with Crippen LogP contribution in [0.1, 0.15) is 25.3 Å². The van der Waals surface area contributed by atoms with Gasteiger partial charge in [0, 0.05) is 40.9 Å². The van der Waals surface area contributed by atoms with Crippen molar-refractivity contribution in [2.24, 2.45) is 0 Å². The average Bonchev–Trinajstić information content (AvgIpc) is 3.50. The first kappa shape index (κ1) is 21.0. The monoisotopic (exact) mass is 446 g/mol. The number of hydrogen-bond acceptors (Lipinski definition) is 6. The fourth-order valence-electron chi connectivity index (χ4n) is 3.36. The highest BCUT2D eigenvalue weighted by molar-refractivity contribution is 7.90. The van der Waals surface area contributed by atoms with Crippen LogP contribution in [-0.2, 0) is 27.7 Å². The molecule has 1 saturated carbocycles. The summed E-state index contributed by atoms with van der Waals surface area (Å²) in [5.74, 6) is 0. The van der Waals surface area contributed by atoms with Gasteiger partial charge in [0.15, 0.2) is 5.65 Å². The van der Waals surface area contributed by atoms with Gasteiger partial charge >= 0.3 is 5.16 Å². The lowest BCUT2D eigenvalue weighted by Crippen LogP contribution is -2.26. The first-order valence-corrected chi connectivity index (χ1v) is 12.6. The predicted molar refractivity (Wildman–Crippen MR) is 115 cm³/mol. The second kappa shape index (κ2) is 7.77. The van der Waals surface area contributed by atoms with Crippen LogP contribution in [0.3, 0.4) is 0 Å². The van der Waals surface area contributed by atoms with E-state index >= 15 is 0 Å². The number of pyridine rings is 1. The summed E-state index contributed by atoms with van der Waals surface area (Å²) in [6.45, 7) is 4.00. The predicted octanol–water partition coefficient (Wildman–Crippen LogP) is 1.96. The minimum Gasteiger partial charge on any atom is -0.609 e. The topological polar surface area (TPSA) is 117 Å². The molecule has 3 aromatic rings. The van der Waals surface area contributed by atoms with E-state index < -0.39 is 21.2 Å². The van der Waals surface area contributed by atoms with Crippen LogP contribution in [0, 0.1) is 6.92 Å². The summed E-state index contributed by atoms with van der Waals surface area (Å²) in [6, 6.07) is 6.49. The van der Waals surface area contributed by atoms with Gasteiger partial charge in [0.05, 0.1) is 4.90 Å². The summed E-state index contributed by atoms with van der Waals surface area (Å²) in [7, 11) is -3.57. The lowest BCUT2D eigenvalue weighted by Gasteiger charge is -2.14. The van der Waals surface area contributed by atoms with Crippen molar-refractivity contribution in [3.63, 3.8) is 0 Å². The highest BCUT2D eigenvalue weighted by atomic mass is 32.2. The van der Waals surface area contributed by atoms with Gasteiger partial charge in [-0.25, -0.2) is 13.1 Å². The highest BCUT2D eigenvalue weighted by Crippen LogP contribution is 2.27. The standard InChI is InChI=1S/C20H22N4O4S2/c1-4-24-18-13(11-21-20(22-18)29(3)26)10-17(19(24)25)16-8-7-15(9-12(16)2)30(27,28)23-14-5-6-14/h7-11,14,23H,4-6H2,1-3H3. The molecule has 1 fully saturated rings. The van der Waals surface area contributed by atoms with Crippen LogP contribution in [0.5, 0.6) is 0 Å². The van der Waals surface area contributed by atoms with Crippen molar-refractivity contribution in [2.75, 3.05) is 6.26 Å². The summed E-state index contributed by atoms with van der Waals surface area (Å²) < 4.78 is 40.9. The molecule has 1 aliphatic carbocycles. The first-order valence-electron chi connectivity index (χ1n) is 9.58. The number of nitrogens with one attached hydrogen (secondary N) is 1. The summed E-state index contributed by atoms with van der Waals surface area (Å²) in [4.78, 5) is 21.8. The van der Waals surface area contributed by atoms with Gasteiger partial charge in [-0.2, -0.15) is 9.97 Å². The van der Waals surface area contributed by atoms with Crippen molar-refractivity contribution in [2.45, 2.75) is 49.3 Å². The van der Waals surface area contributed by atoms with Crippen LogP contribution in [0.4, 0.5) is 0 Å². The highest BCUT2D eigenvalue weighted by Gasteiger charge is 2.28. The Hall–Kier alpha value is -2.27. The molecule has 1 N–H and O–H groups in total. The van der Waals surface area contributed by atoms with Crippen LogP contribution < -0.4 is 10.3 Å². The van der Waals surface area contributed by atoms with Crippen LogP contribution in [0.15, 0.2) is 45.3 Å². The third kappa shape index (κ3) is 3.87. The molecule has 0 amide bonds. The minimum atomic E-state index is -3.57. The molecule has 8 nitrogen and oxygen atoms in total. The maximum Gasteiger partial charge on any atom is 0.344 e. The molecule has 1 atom stereocenters. The Morgan fingerprint density at radius 2 is 2.00 bits per heavy atom. The van der Waals surface area contributed by atoms with Crippen molar-refractivity contribution in [1.29, 1.82) is 0 Å². The number of nitrogens with zero attached hydrogens (tertiary/aromatic N) is 3. The van der Waals surface area contributed by atoms with Crippen molar-refractivity contribution in [3.05, 3.63) is 46.4 Å². The summed E-state index contributed by atoms with van der Waals surface area (Å²) in [5, 5.41) is 0.818. The zero-order valence-corrected chi connectivity index (χ0v) is 18.5. The van der Waals surface area contributed by atoms with Crippen LogP contribution >= 0.6 is 0 Å². The molecular weight excluding hydrogens is 424 g/mol. The van der Waals surface area contributed by atoms with Gasteiger partial charge in [0.25, 0.3) is 5.56 Å². The third-order valence-corrected chi connectivity index (χ3v) is 7.30. The minimum absolute atomic E-state index is 0.0227. The number of hydrogen-bond donors (Lipinski definition) is 1. The lowest BCUT2D eigenvalue weighted by atomic mass is 10.0.